The summed E-state index contributed by atoms with van der Waals surface area (Å²) in [6.07, 6.45) is 1.42. The SMILES string of the molecule is CC(C)(C)NC(=O)c1ccc(Nc2cn(-c3c(F)cccc3Cl)nc2C(N)=O)cc1. The van der Waals surface area contributed by atoms with Crippen LogP contribution in [0.25, 0.3) is 5.69 Å². The van der Waals surface area contributed by atoms with Gasteiger partial charge in [-0.05, 0) is 57.2 Å². The van der Waals surface area contributed by atoms with Crippen LogP contribution in [0.15, 0.2) is 48.7 Å². The molecule has 0 aliphatic rings. The van der Waals surface area contributed by atoms with Gasteiger partial charge in [-0.2, -0.15) is 5.10 Å². The van der Waals surface area contributed by atoms with Crippen molar-refractivity contribution < 1.29 is 14.0 Å². The summed E-state index contributed by atoms with van der Waals surface area (Å²) in [6, 6.07) is 10.9. The van der Waals surface area contributed by atoms with Gasteiger partial charge in [-0.15, -0.1) is 0 Å². The minimum atomic E-state index is -0.787. The minimum absolute atomic E-state index is 0.00363. The fraction of sp³-hybridized carbons (Fsp3) is 0.190. The smallest absolute Gasteiger partial charge is 0.271 e. The molecule has 0 fully saturated rings. The van der Waals surface area contributed by atoms with Crippen LogP contribution < -0.4 is 16.4 Å². The number of nitrogens with zero attached hydrogens (tertiary/aromatic N) is 2. The number of anilines is 2. The molecule has 0 atom stereocenters. The molecule has 7 nitrogen and oxygen atoms in total. The molecule has 1 aromatic heterocycles. The Morgan fingerprint density at radius 1 is 1.13 bits per heavy atom. The molecular weight excluding hydrogens is 409 g/mol. The molecule has 0 aliphatic carbocycles. The lowest BCUT2D eigenvalue weighted by Crippen LogP contribution is -2.40. The summed E-state index contributed by atoms with van der Waals surface area (Å²) in [5.41, 5.74) is 6.34. The molecule has 1 heterocycles. The maximum absolute atomic E-state index is 14.2. The zero-order valence-corrected chi connectivity index (χ0v) is 17.4. The Kier molecular flexibility index (Phi) is 5.80. The maximum Gasteiger partial charge on any atom is 0.271 e. The number of carbonyl (C=O) groups excluding carboxylic acids is 2. The number of nitrogens with two attached hydrogens (primary N) is 1. The third-order valence-electron chi connectivity index (χ3n) is 4.03. The first-order valence-electron chi connectivity index (χ1n) is 9.08. The van der Waals surface area contributed by atoms with Gasteiger partial charge in [0, 0.05) is 16.8 Å². The number of benzene rings is 2. The van der Waals surface area contributed by atoms with Crippen LogP contribution in [0.5, 0.6) is 0 Å². The molecule has 0 spiro atoms. The number of hydrogen-bond acceptors (Lipinski definition) is 4. The van der Waals surface area contributed by atoms with Crippen LogP contribution in [0.3, 0.4) is 0 Å². The van der Waals surface area contributed by atoms with Crippen molar-refractivity contribution in [2.24, 2.45) is 5.73 Å². The van der Waals surface area contributed by atoms with Crippen LogP contribution in [0.4, 0.5) is 15.8 Å². The fourth-order valence-electron chi connectivity index (χ4n) is 2.74. The highest BCUT2D eigenvalue weighted by Gasteiger charge is 2.19. The lowest BCUT2D eigenvalue weighted by atomic mass is 10.1. The Bertz CT molecular complexity index is 1080. The van der Waals surface area contributed by atoms with E-state index in [0.717, 1.165) is 4.68 Å². The average Bonchev–Trinajstić information content (AvgIpc) is 3.04. The van der Waals surface area contributed by atoms with Crippen molar-refractivity contribution in [1.82, 2.24) is 15.1 Å². The third-order valence-corrected chi connectivity index (χ3v) is 4.33. The maximum atomic E-state index is 14.2. The summed E-state index contributed by atoms with van der Waals surface area (Å²) in [5, 5.41) is 10.1. The molecule has 0 unspecified atom stereocenters. The van der Waals surface area contributed by atoms with Crippen molar-refractivity contribution in [3.8, 4) is 5.69 Å². The summed E-state index contributed by atoms with van der Waals surface area (Å²) >= 11 is 6.08. The number of rotatable bonds is 5. The summed E-state index contributed by atoms with van der Waals surface area (Å²) < 4.78 is 15.4. The molecule has 0 bridgehead atoms. The van der Waals surface area contributed by atoms with Gasteiger partial charge < -0.3 is 16.4 Å². The summed E-state index contributed by atoms with van der Waals surface area (Å²) in [4.78, 5) is 24.1. The molecule has 3 rings (SSSR count). The van der Waals surface area contributed by atoms with E-state index in [9.17, 15) is 14.0 Å². The van der Waals surface area contributed by atoms with Gasteiger partial charge in [0.2, 0.25) is 0 Å². The predicted molar refractivity (Wildman–Crippen MR) is 114 cm³/mol. The van der Waals surface area contributed by atoms with Crippen LogP contribution >= 0.6 is 11.6 Å². The van der Waals surface area contributed by atoms with Crippen molar-refractivity contribution in [1.29, 1.82) is 0 Å². The molecule has 0 radical (unpaired) electrons. The zero-order valence-electron chi connectivity index (χ0n) is 16.7. The fourth-order valence-corrected chi connectivity index (χ4v) is 2.99. The van der Waals surface area contributed by atoms with Crippen molar-refractivity contribution in [3.63, 3.8) is 0 Å². The zero-order chi connectivity index (χ0) is 22.1. The van der Waals surface area contributed by atoms with E-state index in [2.05, 4.69) is 15.7 Å². The highest BCUT2D eigenvalue weighted by atomic mass is 35.5. The van der Waals surface area contributed by atoms with Crippen LogP contribution in [0.1, 0.15) is 41.6 Å². The monoisotopic (exact) mass is 429 g/mol. The third kappa shape index (κ3) is 4.77. The van der Waals surface area contributed by atoms with E-state index in [0.29, 0.717) is 11.3 Å². The predicted octanol–water partition coefficient (Wildman–Crippen LogP) is 4.04. The summed E-state index contributed by atoms with van der Waals surface area (Å²) in [5.74, 6) is -1.58. The second-order valence-electron chi connectivity index (χ2n) is 7.68. The van der Waals surface area contributed by atoms with E-state index >= 15 is 0 Å². The van der Waals surface area contributed by atoms with Crippen LogP contribution in [-0.4, -0.2) is 27.1 Å². The van der Waals surface area contributed by atoms with Crippen LogP contribution in [-0.2, 0) is 0 Å². The molecule has 0 aliphatic heterocycles. The Balaban J connectivity index is 1.89. The normalized spacial score (nSPS) is 11.2. The van der Waals surface area contributed by atoms with E-state index in [1.165, 1.54) is 24.4 Å². The van der Waals surface area contributed by atoms with Crippen LogP contribution in [0.2, 0.25) is 5.02 Å². The number of nitrogens with one attached hydrogen (secondary N) is 2. The van der Waals surface area contributed by atoms with Crippen molar-refractivity contribution in [2.45, 2.75) is 26.3 Å². The number of primary amides is 1. The second kappa shape index (κ2) is 8.16. The van der Waals surface area contributed by atoms with Gasteiger partial charge in [-0.25, -0.2) is 9.07 Å². The molecule has 2 amide bonds. The molecule has 156 valence electrons. The van der Waals surface area contributed by atoms with Gasteiger partial charge in [0.05, 0.1) is 16.9 Å². The quantitative estimate of drug-likeness (QED) is 0.569. The molecule has 2 aromatic carbocycles. The number of carbonyl (C=O) groups is 2. The molecule has 0 saturated heterocycles. The molecule has 4 N–H and O–H groups in total. The van der Waals surface area contributed by atoms with Gasteiger partial charge in [-0.3, -0.25) is 9.59 Å². The number of halogens is 2. The number of para-hydroxylation sites is 1. The van der Waals surface area contributed by atoms with Gasteiger partial charge in [0.25, 0.3) is 11.8 Å². The Morgan fingerprint density at radius 3 is 2.37 bits per heavy atom. The highest BCUT2D eigenvalue weighted by Crippen LogP contribution is 2.27. The number of hydrogen-bond donors (Lipinski definition) is 3. The standard InChI is InChI=1S/C21H21ClFN5O2/c1-21(2,3)26-20(30)12-7-9-13(10-8-12)25-16-11-28(27-17(16)19(24)29)18-14(22)5-4-6-15(18)23/h4-11,25H,1-3H3,(H2,24,29)(H,26,30). The van der Waals surface area contributed by atoms with Gasteiger partial charge in [0.1, 0.15) is 11.5 Å². The average molecular weight is 430 g/mol. The first kappa shape index (κ1) is 21.3. The van der Waals surface area contributed by atoms with Gasteiger partial charge >= 0.3 is 0 Å². The van der Waals surface area contributed by atoms with E-state index in [1.807, 2.05) is 20.8 Å². The second-order valence-corrected chi connectivity index (χ2v) is 8.08. The molecular formula is C21H21ClFN5O2. The Hall–Kier alpha value is -3.39. The molecule has 30 heavy (non-hydrogen) atoms. The molecule has 0 saturated carbocycles. The number of aromatic nitrogens is 2. The largest absolute Gasteiger partial charge is 0.364 e. The van der Waals surface area contributed by atoms with Crippen molar-refractivity contribution in [3.05, 3.63) is 70.8 Å². The topological polar surface area (TPSA) is 102 Å². The minimum Gasteiger partial charge on any atom is -0.364 e. The lowest BCUT2D eigenvalue weighted by Gasteiger charge is -2.20. The van der Waals surface area contributed by atoms with E-state index in [-0.39, 0.29) is 33.5 Å². The molecule has 3 aromatic rings. The Morgan fingerprint density at radius 2 is 1.80 bits per heavy atom. The van der Waals surface area contributed by atoms with Crippen LogP contribution in [0, 0.1) is 5.82 Å². The van der Waals surface area contributed by atoms with E-state index < -0.39 is 11.7 Å². The highest BCUT2D eigenvalue weighted by molar-refractivity contribution is 6.32. The van der Waals surface area contributed by atoms with E-state index in [4.69, 9.17) is 17.3 Å². The first-order valence-corrected chi connectivity index (χ1v) is 9.46. The Labute approximate surface area is 178 Å². The number of amides is 2. The van der Waals surface area contributed by atoms with Crippen molar-refractivity contribution >= 4 is 34.8 Å². The summed E-state index contributed by atoms with van der Waals surface area (Å²) in [7, 11) is 0. The first-order chi connectivity index (χ1) is 14.0. The van der Waals surface area contributed by atoms with Gasteiger partial charge in [-0.1, -0.05) is 17.7 Å². The van der Waals surface area contributed by atoms with Crippen molar-refractivity contribution in [2.75, 3.05) is 5.32 Å². The molecule has 9 heteroatoms. The van der Waals surface area contributed by atoms with Gasteiger partial charge in [0.15, 0.2) is 5.69 Å². The summed E-state index contributed by atoms with van der Waals surface area (Å²) in [6.45, 7) is 5.68. The van der Waals surface area contributed by atoms with E-state index in [1.54, 1.807) is 24.3 Å². The lowest BCUT2D eigenvalue weighted by molar-refractivity contribution is 0.0918.